The third-order valence-corrected chi connectivity index (χ3v) is 3.17. The zero-order valence-corrected chi connectivity index (χ0v) is 10.2. The number of benzene rings is 1. The van der Waals surface area contributed by atoms with Crippen molar-refractivity contribution in [3.05, 3.63) is 46.5 Å². The summed E-state index contributed by atoms with van der Waals surface area (Å²) in [5.74, 6) is 0.247. The van der Waals surface area contributed by atoms with E-state index in [0.29, 0.717) is 10.0 Å². The standard InChI is InChI=1S/C12H15Cl2N/c1-3-4-10(8(2)15)9-5-6-11(13)12(14)7-9/h3,5-8,10H,1,4,15H2,2H3. The van der Waals surface area contributed by atoms with Gasteiger partial charge in [0.25, 0.3) is 0 Å². The van der Waals surface area contributed by atoms with Gasteiger partial charge in [-0.2, -0.15) is 0 Å². The molecule has 1 rings (SSSR count). The fraction of sp³-hybridized carbons (Fsp3) is 0.333. The maximum Gasteiger partial charge on any atom is 0.0595 e. The van der Waals surface area contributed by atoms with E-state index >= 15 is 0 Å². The summed E-state index contributed by atoms with van der Waals surface area (Å²) < 4.78 is 0. The number of allylic oxidation sites excluding steroid dienone is 1. The molecule has 0 heterocycles. The van der Waals surface area contributed by atoms with Crippen LogP contribution in [0.5, 0.6) is 0 Å². The Labute approximate surface area is 101 Å². The molecule has 2 atom stereocenters. The van der Waals surface area contributed by atoms with Gasteiger partial charge in [0.05, 0.1) is 10.0 Å². The van der Waals surface area contributed by atoms with E-state index in [1.165, 1.54) is 0 Å². The van der Waals surface area contributed by atoms with Gasteiger partial charge in [-0.25, -0.2) is 0 Å². The summed E-state index contributed by atoms with van der Waals surface area (Å²) in [4.78, 5) is 0. The molecule has 0 spiro atoms. The van der Waals surface area contributed by atoms with Crippen molar-refractivity contribution in [2.75, 3.05) is 0 Å². The van der Waals surface area contributed by atoms with E-state index < -0.39 is 0 Å². The van der Waals surface area contributed by atoms with Crippen molar-refractivity contribution >= 4 is 23.2 Å². The van der Waals surface area contributed by atoms with Crippen LogP contribution in [0.1, 0.15) is 24.8 Å². The van der Waals surface area contributed by atoms with Crippen LogP contribution in [-0.2, 0) is 0 Å². The van der Waals surface area contributed by atoms with Gasteiger partial charge in [-0.05, 0) is 31.0 Å². The van der Waals surface area contributed by atoms with Crippen LogP contribution in [-0.4, -0.2) is 6.04 Å². The second kappa shape index (κ2) is 5.55. The SMILES string of the molecule is C=CCC(c1ccc(Cl)c(Cl)c1)C(C)N. The van der Waals surface area contributed by atoms with Crippen molar-refractivity contribution in [1.29, 1.82) is 0 Å². The summed E-state index contributed by atoms with van der Waals surface area (Å²) in [5.41, 5.74) is 7.03. The minimum atomic E-state index is 0.0697. The molecular formula is C12H15Cl2N. The first-order valence-electron chi connectivity index (χ1n) is 4.87. The first kappa shape index (κ1) is 12.6. The first-order chi connectivity index (χ1) is 7.06. The Bertz CT molecular complexity index is 347. The molecule has 0 bridgehead atoms. The van der Waals surface area contributed by atoms with Gasteiger partial charge in [-0.1, -0.05) is 35.3 Å². The second-order valence-corrected chi connectivity index (χ2v) is 4.48. The number of hydrogen-bond donors (Lipinski definition) is 1. The molecule has 3 heteroatoms. The van der Waals surface area contributed by atoms with E-state index in [1.807, 2.05) is 25.1 Å². The summed E-state index contributed by atoms with van der Waals surface area (Å²) >= 11 is 11.8. The lowest BCUT2D eigenvalue weighted by Gasteiger charge is -2.20. The Balaban J connectivity index is 3.00. The van der Waals surface area contributed by atoms with E-state index in [0.717, 1.165) is 12.0 Å². The van der Waals surface area contributed by atoms with Crippen LogP contribution in [0.4, 0.5) is 0 Å². The van der Waals surface area contributed by atoms with Crippen molar-refractivity contribution in [3.63, 3.8) is 0 Å². The van der Waals surface area contributed by atoms with E-state index in [-0.39, 0.29) is 12.0 Å². The largest absolute Gasteiger partial charge is 0.327 e. The Morgan fingerprint density at radius 1 is 1.40 bits per heavy atom. The van der Waals surface area contributed by atoms with Crippen LogP contribution in [0, 0.1) is 0 Å². The molecule has 0 aliphatic rings. The molecule has 0 aromatic heterocycles. The molecular weight excluding hydrogens is 229 g/mol. The van der Waals surface area contributed by atoms with Crippen LogP contribution in [0.15, 0.2) is 30.9 Å². The summed E-state index contributed by atoms with van der Waals surface area (Å²) in [6.07, 6.45) is 2.71. The molecule has 2 N–H and O–H groups in total. The average molecular weight is 244 g/mol. The Kier molecular flexibility index (Phi) is 4.65. The minimum Gasteiger partial charge on any atom is -0.327 e. The van der Waals surface area contributed by atoms with Crippen molar-refractivity contribution in [1.82, 2.24) is 0 Å². The summed E-state index contributed by atoms with van der Waals surface area (Å²) in [5, 5.41) is 1.14. The number of rotatable bonds is 4. The maximum atomic E-state index is 5.96. The molecule has 1 nitrogen and oxygen atoms in total. The number of nitrogens with two attached hydrogens (primary N) is 1. The highest BCUT2D eigenvalue weighted by molar-refractivity contribution is 6.42. The van der Waals surface area contributed by atoms with Crippen LogP contribution < -0.4 is 5.73 Å². The molecule has 0 saturated carbocycles. The van der Waals surface area contributed by atoms with Crippen molar-refractivity contribution in [2.24, 2.45) is 5.73 Å². The Hall–Kier alpha value is -0.500. The van der Waals surface area contributed by atoms with Crippen LogP contribution >= 0.6 is 23.2 Å². The van der Waals surface area contributed by atoms with Gasteiger partial charge in [0.2, 0.25) is 0 Å². The highest BCUT2D eigenvalue weighted by Crippen LogP contribution is 2.29. The third-order valence-electron chi connectivity index (χ3n) is 2.43. The zero-order valence-electron chi connectivity index (χ0n) is 8.71. The highest BCUT2D eigenvalue weighted by atomic mass is 35.5. The van der Waals surface area contributed by atoms with Gasteiger partial charge in [0.1, 0.15) is 0 Å². The summed E-state index contributed by atoms with van der Waals surface area (Å²) in [7, 11) is 0. The monoisotopic (exact) mass is 243 g/mol. The number of halogens is 2. The van der Waals surface area contributed by atoms with Crippen molar-refractivity contribution in [3.8, 4) is 0 Å². The molecule has 1 aromatic carbocycles. The zero-order chi connectivity index (χ0) is 11.4. The predicted molar refractivity (Wildman–Crippen MR) is 67.7 cm³/mol. The van der Waals surface area contributed by atoms with E-state index in [2.05, 4.69) is 6.58 Å². The lowest BCUT2D eigenvalue weighted by molar-refractivity contribution is 0.574. The fourth-order valence-electron chi connectivity index (χ4n) is 1.58. The average Bonchev–Trinajstić information content (AvgIpc) is 2.18. The van der Waals surface area contributed by atoms with Crippen LogP contribution in [0.3, 0.4) is 0 Å². The normalized spacial score (nSPS) is 14.7. The molecule has 1 aromatic rings. The predicted octanol–water partition coefficient (Wildman–Crippen LogP) is 4.00. The van der Waals surface area contributed by atoms with Crippen LogP contribution in [0.25, 0.3) is 0 Å². The number of hydrogen-bond acceptors (Lipinski definition) is 1. The maximum absolute atomic E-state index is 5.96. The molecule has 2 unspecified atom stereocenters. The van der Waals surface area contributed by atoms with Crippen molar-refractivity contribution in [2.45, 2.75) is 25.3 Å². The lowest BCUT2D eigenvalue weighted by atomic mass is 9.90. The lowest BCUT2D eigenvalue weighted by Crippen LogP contribution is -2.24. The molecule has 0 fully saturated rings. The molecule has 0 radical (unpaired) electrons. The topological polar surface area (TPSA) is 26.0 Å². The Morgan fingerprint density at radius 2 is 2.07 bits per heavy atom. The third kappa shape index (κ3) is 3.23. The Morgan fingerprint density at radius 3 is 2.53 bits per heavy atom. The van der Waals surface area contributed by atoms with Gasteiger partial charge in [-0.15, -0.1) is 6.58 Å². The fourth-order valence-corrected chi connectivity index (χ4v) is 1.88. The van der Waals surface area contributed by atoms with Gasteiger partial charge < -0.3 is 5.73 Å². The molecule has 0 amide bonds. The summed E-state index contributed by atoms with van der Waals surface area (Å²) in [6, 6.07) is 5.71. The van der Waals surface area contributed by atoms with E-state index in [1.54, 1.807) is 6.07 Å². The molecule has 0 saturated heterocycles. The van der Waals surface area contributed by atoms with Crippen LogP contribution in [0.2, 0.25) is 10.0 Å². The van der Waals surface area contributed by atoms with E-state index in [9.17, 15) is 0 Å². The first-order valence-corrected chi connectivity index (χ1v) is 5.63. The summed E-state index contributed by atoms with van der Waals surface area (Å²) in [6.45, 7) is 5.72. The van der Waals surface area contributed by atoms with Gasteiger partial charge in [0, 0.05) is 12.0 Å². The minimum absolute atomic E-state index is 0.0697. The van der Waals surface area contributed by atoms with Crippen molar-refractivity contribution < 1.29 is 0 Å². The quantitative estimate of drug-likeness (QED) is 0.796. The molecule has 0 aliphatic heterocycles. The van der Waals surface area contributed by atoms with Gasteiger partial charge in [0.15, 0.2) is 0 Å². The molecule has 15 heavy (non-hydrogen) atoms. The molecule has 82 valence electrons. The van der Waals surface area contributed by atoms with Gasteiger partial charge in [-0.3, -0.25) is 0 Å². The second-order valence-electron chi connectivity index (χ2n) is 3.66. The van der Waals surface area contributed by atoms with E-state index in [4.69, 9.17) is 28.9 Å². The molecule has 0 aliphatic carbocycles. The van der Waals surface area contributed by atoms with Gasteiger partial charge >= 0.3 is 0 Å². The smallest absolute Gasteiger partial charge is 0.0595 e. The highest BCUT2D eigenvalue weighted by Gasteiger charge is 2.15.